The van der Waals surface area contributed by atoms with E-state index in [9.17, 15) is 9.59 Å². The molecule has 2 amide bonds. The maximum atomic E-state index is 10.9. The molecule has 0 radical (unpaired) electrons. The number of rotatable bonds is 1. The van der Waals surface area contributed by atoms with E-state index in [0.29, 0.717) is 6.54 Å². The number of thiol groups is 1. The monoisotopic (exact) mass is 161 g/mol. The Morgan fingerprint density at radius 3 is 2.50 bits per heavy atom. The zero-order chi connectivity index (χ0) is 7.72. The van der Waals surface area contributed by atoms with E-state index >= 15 is 0 Å². The molecule has 5 heteroatoms. The smallest absolute Gasteiger partial charge is 0.418 e. The first-order valence-corrected chi connectivity index (χ1v) is 3.38. The molecule has 4 nitrogen and oxygen atoms in total. The molecule has 0 N–H and O–H groups in total. The summed E-state index contributed by atoms with van der Waals surface area (Å²) >= 11 is 3.73. The maximum absolute atomic E-state index is 10.9. The van der Waals surface area contributed by atoms with Crippen LogP contribution in [0.5, 0.6) is 0 Å². The molecule has 1 atom stereocenters. The van der Waals surface area contributed by atoms with Gasteiger partial charge in [0.25, 0.3) is 5.91 Å². The molecule has 0 aromatic rings. The van der Waals surface area contributed by atoms with Gasteiger partial charge in [0.1, 0.15) is 0 Å². The Hall–Kier alpha value is -0.710. The predicted molar refractivity (Wildman–Crippen MR) is 36.6 cm³/mol. The van der Waals surface area contributed by atoms with Crippen molar-refractivity contribution in [2.45, 2.75) is 12.4 Å². The molecule has 0 saturated carbocycles. The van der Waals surface area contributed by atoms with E-state index in [0.717, 1.165) is 4.90 Å². The Balaban J connectivity index is 2.74. The lowest BCUT2D eigenvalue weighted by Crippen LogP contribution is -2.29. The van der Waals surface area contributed by atoms with E-state index < -0.39 is 11.5 Å². The lowest BCUT2D eigenvalue weighted by molar-refractivity contribution is -0.126. The molecule has 1 heterocycles. The number of nitrogens with zero attached hydrogens (tertiary/aromatic N) is 1. The molecule has 0 spiro atoms. The molecule has 0 bridgehead atoms. The first-order valence-electron chi connectivity index (χ1n) is 2.87. The fourth-order valence-electron chi connectivity index (χ4n) is 0.718. The normalized spacial score (nSPS) is 25.4. The number of ether oxygens (including phenoxy) is 1. The molecular formula is C5H7NO3S. The summed E-state index contributed by atoms with van der Waals surface area (Å²) < 4.78 is 4.48. The first kappa shape index (κ1) is 7.40. The summed E-state index contributed by atoms with van der Waals surface area (Å²) in [5.74, 6) is -0.379. The average molecular weight is 161 g/mol. The van der Waals surface area contributed by atoms with E-state index in [1.165, 1.54) is 0 Å². The minimum atomic E-state index is -0.896. The van der Waals surface area contributed by atoms with Gasteiger partial charge < -0.3 is 4.74 Å². The van der Waals surface area contributed by atoms with Crippen LogP contribution in [0.2, 0.25) is 0 Å². The van der Waals surface area contributed by atoms with Gasteiger partial charge in [0.15, 0.2) is 0 Å². The van der Waals surface area contributed by atoms with Gasteiger partial charge >= 0.3 is 6.09 Å². The third kappa shape index (κ3) is 0.965. The second kappa shape index (κ2) is 2.49. The van der Waals surface area contributed by atoms with Crippen LogP contribution in [0.15, 0.2) is 0 Å². The number of imide groups is 1. The van der Waals surface area contributed by atoms with E-state index in [-0.39, 0.29) is 5.91 Å². The lowest BCUT2D eigenvalue weighted by Gasteiger charge is -2.04. The fourth-order valence-corrected chi connectivity index (χ4v) is 0.947. The van der Waals surface area contributed by atoms with E-state index in [4.69, 9.17) is 0 Å². The number of amides is 2. The first-order chi connectivity index (χ1) is 4.66. The Labute approximate surface area is 63.5 Å². The van der Waals surface area contributed by atoms with Crippen molar-refractivity contribution < 1.29 is 14.3 Å². The molecule has 10 heavy (non-hydrogen) atoms. The van der Waals surface area contributed by atoms with Gasteiger partial charge in [-0.05, 0) is 6.92 Å². The number of carbonyl (C=O) groups excluding carboxylic acids is 2. The van der Waals surface area contributed by atoms with E-state index in [2.05, 4.69) is 17.4 Å². The number of carbonyl (C=O) groups is 2. The van der Waals surface area contributed by atoms with Crippen molar-refractivity contribution in [2.75, 3.05) is 6.54 Å². The highest BCUT2D eigenvalue weighted by Gasteiger charge is 2.36. The topological polar surface area (TPSA) is 46.6 Å². The van der Waals surface area contributed by atoms with Gasteiger partial charge in [0.05, 0.1) is 0 Å². The summed E-state index contributed by atoms with van der Waals surface area (Å²) in [4.78, 5) is 22.5. The highest BCUT2D eigenvalue weighted by Crippen LogP contribution is 2.14. The number of hydrogen-bond acceptors (Lipinski definition) is 4. The zero-order valence-electron chi connectivity index (χ0n) is 5.40. The summed E-state index contributed by atoms with van der Waals surface area (Å²) in [6, 6.07) is 0. The summed E-state index contributed by atoms with van der Waals surface area (Å²) in [6.45, 7) is 2.04. The molecule has 1 unspecified atom stereocenters. The maximum Gasteiger partial charge on any atom is 0.418 e. The van der Waals surface area contributed by atoms with Gasteiger partial charge in [-0.15, -0.1) is 12.6 Å². The minimum absolute atomic E-state index is 0.342. The van der Waals surface area contributed by atoms with Crippen LogP contribution < -0.4 is 0 Å². The van der Waals surface area contributed by atoms with Crippen LogP contribution in [0.3, 0.4) is 0 Å². The summed E-state index contributed by atoms with van der Waals surface area (Å²) in [7, 11) is 0. The average Bonchev–Trinajstić information content (AvgIpc) is 2.09. The van der Waals surface area contributed by atoms with Crippen molar-refractivity contribution in [3.63, 3.8) is 0 Å². The number of hydrogen-bond donors (Lipinski definition) is 1. The molecule has 0 aliphatic carbocycles. The van der Waals surface area contributed by atoms with Crippen LogP contribution in [0.1, 0.15) is 6.92 Å². The van der Waals surface area contributed by atoms with Crippen molar-refractivity contribution in [1.82, 2.24) is 4.90 Å². The molecule has 0 aromatic heterocycles. The van der Waals surface area contributed by atoms with Crippen molar-refractivity contribution in [1.29, 1.82) is 0 Å². The van der Waals surface area contributed by atoms with Crippen LogP contribution in [0.4, 0.5) is 4.79 Å². The Morgan fingerprint density at radius 2 is 2.30 bits per heavy atom. The Bertz CT molecular complexity index is 182. The van der Waals surface area contributed by atoms with Crippen molar-refractivity contribution >= 4 is 24.6 Å². The highest BCUT2D eigenvalue weighted by molar-refractivity contribution is 7.81. The van der Waals surface area contributed by atoms with Crippen LogP contribution in [-0.2, 0) is 9.53 Å². The van der Waals surface area contributed by atoms with Gasteiger partial charge in [0.2, 0.25) is 5.44 Å². The van der Waals surface area contributed by atoms with Crippen molar-refractivity contribution in [3.05, 3.63) is 0 Å². The van der Waals surface area contributed by atoms with E-state index in [1.54, 1.807) is 6.92 Å². The minimum Gasteiger partial charge on any atom is -0.425 e. The quantitative estimate of drug-likeness (QED) is 0.560. The molecular weight excluding hydrogens is 154 g/mol. The Kier molecular flexibility index (Phi) is 1.85. The fraction of sp³-hybridized carbons (Fsp3) is 0.600. The van der Waals surface area contributed by atoms with Crippen molar-refractivity contribution in [3.8, 4) is 0 Å². The SMILES string of the molecule is CCN1C(=O)OC(S)C1=O. The molecule has 1 aliphatic heterocycles. The summed E-state index contributed by atoms with van der Waals surface area (Å²) in [5, 5.41) is 0. The third-order valence-corrected chi connectivity index (χ3v) is 1.55. The molecule has 1 rings (SSSR count). The second-order valence-electron chi connectivity index (χ2n) is 1.82. The van der Waals surface area contributed by atoms with E-state index in [1.807, 2.05) is 0 Å². The number of cyclic esters (lactones) is 1. The van der Waals surface area contributed by atoms with Crippen LogP contribution in [0.25, 0.3) is 0 Å². The van der Waals surface area contributed by atoms with Gasteiger partial charge in [-0.25, -0.2) is 9.69 Å². The van der Waals surface area contributed by atoms with Crippen LogP contribution in [-0.4, -0.2) is 28.9 Å². The number of likely N-dealkylation sites (N-methyl/N-ethyl adjacent to an activating group) is 1. The third-order valence-electron chi connectivity index (χ3n) is 1.23. The predicted octanol–water partition coefficient (Wildman–Crippen LogP) is 0.241. The van der Waals surface area contributed by atoms with Crippen LogP contribution >= 0.6 is 12.6 Å². The Morgan fingerprint density at radius 1 is 1.70 bits per heavy atom. The lowest BCUT2D eigenvalue weighted by atomic mass is 10.5. The zero-order valence-corrected chi connectivity index (χ0v) is 6.30. The van der Waals surface area contributed by atoms with Gasteiger partial charge in [-0.3, -0.25) is 4.79 Å². The highest BCUT2D eigenvalue weighted by atomic mass is 32.1. The molecule has 1 fully saturated rings. The van der Waals surface area contributed by atoms with Gasteiger partial charge in [-0.2, -0.15) is 0 Å². The van der Waals surface area contributed by atoms with Crippen LogP contribution in [0, 0.1) is 0 Å². The summed E-state index contributed by atoms with van der Waals surface area (Å²) in [6.07, 6.45) is -0.604. The molecule has 0 aromatic carbocycles. The molecule has 1 aliphatic rings. The molecule has 56 valence electrons. The second-order valence-corrected chi connectivity index (χ2v) is 2.29. The molecule has 1 saturated heterocycles. The van der Waals surface area contributed by atoms with Gasteiger partial charge in [0, 0.05) is 6.54 Å². The summed E-state index contributed by atoms with van der Waals surface area (Å²) in [5.41, 5.74) is -0.896. The van der Waals surface area contributed by atoms with Crippen molar-refractivity contribution in [2.24, 2.45) is 0 Å². The van der Waals surface area contributed by atoms with Gasteiger partial charge in [-0.1, -0.05) is 0 Å². The largest absolute Gasteiger partial charge is 0.425 e. The standard InChI is InChI=1S/C5H7NO3S/c1-2-6-3(7)4(10)9-5(6)8/h4,10H,2H2,1H3.